The third-order valence-corrected chi connectivity index (χ3v) is 5.71. The normalized spacial score (nSPS) is 23.8. The molecule has 2 aliphatic rings. The van der Waals surface area contributed by atoms with E-state index in [1.54, 1.807) is 12.2 Å². The first kappa shape index (κ1) is 15.7. The molecule has 0 amide bonds. The molecule has 0 bridgehead atoms. The van der Waals surface area contributed by atoms with E-state index in [0.717, 1.165) is 12.1 Å². The maximum atomic E-state index is 13.0. The number of benzene rings is 1. The van der Waals surface area contributed by atoms with Crippen molar-refractivity contribution in [1.82, 2.24) is 0 Å². The van der Waals surface area contributed by atoms with Crippen LogP contribution in [0.15, 0.2) is 30.4 Å². The fourth-order valence-electron chi connectivity index (χ4n) is 2.55. The summed E-state index contributed by atoms with van der Waals surface area (Å²) in [5.41, 5.74) is 0.158. The molecule has 1 spiro atoms. The number of hydrogen-bond donors (Lipinski definition) is 1. The summed E-state index contributed by atoms with van der Waals surface area (Å²) in [5, 5.41) is -0.700. The molecule has 0 radical (unpaired) electrons. The van der Waals surface area contributed by atoms with Gasteiger partial charge in [-0.05, 0) is 30.7 Å². The standard InChI is InChI=1S/C14H15ClFNO4S/c15-12-9-10(16)1-2-13(12)17-22(18,19)11-3-5-14(6-4-11)20-7-8-21-14/h1-3,5,9,11,17H,4,6-8H2. The molecule has 1 atom stereocenters. The van der Waals surface area contributed by atoms with E-state index < -0.39 is 26.9 Å². The second-order valence-corrected chi connectivity index (χ2v) is 7.52. The van der Waals surface area contributed by atoms with Crippen molar-refractivity contribution in [2.75, 3.05) is 17.9 Å². The molecular formula is C14H15ClFNO4S. The van der Waals surface area contributed by atoms with Gasteiger partial charge in [0.05, 0.1) is 29.2 Å². The van der Waals surface area contributed by atoms with Gasteiger partial charge < -0.3 is 9.47 Å². The molecular weight excluding hydrogens is 333 g/mol. The molecule has 1 aliphatic heterocycles. The molecule has 22 heavy (non-hydrogen) atoms. The zero-order valence-electron chi connectivity index (χ0n) is 11.6. The number of sulfonamides is 1. The van der Waals surface area contributed by atoms with Crippen LogP contribution in [0.2, 0.25) is 5.02 Å². The summed E-state index contributed by atoms with van der Waals surface area (Å²) >= 11 is 5.85. The van der Waals surface area contributed by atoms with Crippen LogP contribution in [-0.2, 0) is 19.5 Å². The minimum Gasteiger partial charge on any atom is -0.344 e. The lowest BCUT2D eigenvalue weighted by atomic mass is 10.0. The molecule has 1 aliphatic carbocycles. The van der Waals surface area contributed by atoms with Gasteiger partial charge in [-0.15, -0.1) is 0 Å². The lowest BCUT2D eigenvalue weighted by Gasteiger charge is -2.30. The topological polar surface area (TPSA) is 64.6 Å². The van der Waals surface area contributed by atoms with E-state index in [0.29, 0.717) is 26.1 Å². The Labute approximate surface area is 133 Å². The van der Waals surface area contributed by atoms with Gasteiger partial charge in [-0.1, -0.05) is 17.7 Å². The zero-order chi connectivity index (χ0) is 15.8. The van der Waals surface area contributed by atoms with Gasteiger partial charge >= 0.3 is 0 Å². The van der Waals surface area contributed by atoms with Crippen molar-refractivity contribution in [3.63, 3.8) is 0 Å². The van der Waals surface area contributed by atoms with Crippen LogP contribution in [-0.4, -0.2) is 32.7 Å². The predicted molar refractivity (Wildman–Crippen MR) is 80.7 cm³/mol. The first-order valence-electron chi connectivity index (χ1n) is 6.84. The first-order valence-corrected chi connectivity index (χ1v) is 8.77. The molecule has 1 N–H and O–H groups in total. The maximum Gasteiger partial charge on any atom is 0.239 e. The largest absolute Gasteiger partial charge is 0.344 e. The van der Waals surface area contributed by atoms with Crippen molar-refractivity contribution >= 4 is 27.3 Å². The van der Waals surface area contributed by atoms with Crippen LogP contribution in [0.4, 0.5) is 10.1 Å². The van der Waals surface area contributed by atoms with E-state index >= 15 is 0 Å². The summed E-state index contributed by atoms with van der Waals surface area (Å²) in [6.45, 7) is 1.01. The van der Waals surface area contributed by atoms with E-state index in [-0.39, 0.29) is 10.7 Å². The number of nitrogens with one attached hydrogen (secondary N) is 1. The van der Waals surface area contributed by atoms with Gasteiger partial charge in [0.1, 0.15) is 5.82 Å². The second-order valence-electron chi connectivity index (χ2n) is 5.22. The summed E-state index contributed by atoms with van der Waals surface area (Å²) in [5.74, 6) is -1.30. The van der Waals surface area contributed by atoms with Crippen molar-refractivity contribution in [3.05, 3.63) is 41.2 Å². The van der Waals surface area contributed by atoms with E-state index in [9.17, 15) is 12.8 Å². The van der Waals surface area contributed by atoms with Gasteiger partial charge in [-0.25, -0.2) is 12.8 Å². The van der Waals surface area contributed by atoms with Crippen LogP contribution in [0.25, 0.3) is 0 Å². The Bertz CT molecular complexity index is 701. The third kappa shape index (κ3) is 3.12. The second kappa shape index (κ2) is 5.81. The van der Waals surface area contributed by atoms with Gasteiger partial charge in [0, 0.05) is 6.42 Å². The lowest BCUT2D eigenvalue weighted by molar-refractivity contribution is -0.124. The summed E-state index contributed by atoms with van der Waals surface area (Å²) in [7, 11) is -3.67. The average molecular weight is 348 g/mol. The minimum absolute atomic E-state index is 0.0160. The molecule has 1 aromatic rings. The molecule has 8 heteroatoms. The highest BCUT2D eigenvalue weighted by molar-refractivity contribution is 7.93. The first-order chi connectivity index (χ1) is 10.4. The van der Waals surface area contributed by atoms with Gasteiger partial charge in [-0.3, -0.25) is 4.72 Å². The highest BCUT2D eigenvalue weighted by Crippen LogP contribution is 2.34. The molecule has 5 nitrogen and oxygen atoms in total. The Morgan fingerprint density at radius 2 is 2.05 bits per heavy atom. The van der Waals surface area contributed by atoms with Crippen LogP contribution in [0.5, 0.6) is 0 Å². The fourth-order valence-corrected chi connectivity index (χ4v) is 4.17. The number of anilines is 1. The Morgan fingerprint density at radius 3 is 2.64 bits per heavy atom. The summed E-state index contributed by atoms with van der Waals surface area (Å²) in [6.07, 6.45) is 4.05. The monoisotopic (exact) mass is 347 g/mol. The van der Waals surface area contributed by atoms with Crippen molar-refractivity contribution < 1.29 is 22.3 Å². The Morgan fingerprint density at radius 1 is 1.32 bits per heavy atom. The SMILES string of the molecule is O=S(=O)(Nc1ccc(F)cc1Cl)C1C=CC2(CC1)OCCO2. The molecule has 3 rings (SSSR count). The highest BCUT2D eigenvalue weighted by Gasteiger charge is 2.39. The lowest BCUT2D eigenvalue weighted by Crippen LogP contribution is -2.36. The molecule has 1 aromatic carbocycles. The molecule has 1 saturated heterocycles. The van der Waals surface area contributed by atoms with Gasteiger partial charge in [-0.2, -0.15) is 0 Å². The van der Waals surface area contributed by atoms with Crippen LogP contribution in [0.1, 0.15) is 12.8 Å². The molecule has 1 heterocycles. The van der Waals surface area contributed by atoms with Crippen LogP contribution >= 0.6 is 11.6 Å². The Balaban J connectivity index is 1.76. The molecule has 0 aromatic heterocycles. The smallest absolute Gasteiger partial charge is 0.239 e. The van der Waals surface area contributed by atoms with Crippen molar-refractivity contribution in [3.8, 4) is 0 Å². The summed E-state index contributed by atoms with van der Waals surface area (Å²) in [4.78, 5) is 0. The Kier molecular flexibility index (Phi) is 4.15. The minimum atomic E-state index is -3.67. The van der Waals surface area contributed by atoms with E-state index in [1.807, 2.05) is 0 Å². The average Bonchev–Trinajstić information content (AvgIpc) is 2.91. The van der Waals surface area contributed by atoms with Crippen molar-refractivity contribution in [2.24, 2.45) is 0 Å². The molecule has 1 unspecified atom stereocenters. The summed E-state index contributed by atoms with van der Waals surface area (Å²) < 4.78 is 51.2. The van der Waals surface area contributed by atoms with Gasteiger partial charge in [0.15, 0.2) is 5.79 Å². The number of hydrogen-bond acceptors (Lipinski definition) is 4. The van der Waals surface area contributed by atoms with E-state index in [2.05, 4.69) is 4.72 Å². The van der Waals surface area contributed by atoms with E-state index in [4.69, 9.17) is 21.1 Å². The number of rotatable bonds is 3. The highest BCUT2D eigenvalue weighted by atomic mass is 35.5. The van der Waals surface area contributed by atoms with Crippen LogP contribution < -0.4 is 4.72 Å². The van der Waals surface area contributed by atoms with Crippen LogP contribution in [0.3, 0.4) is 0 Å². The maximum absolute atomic E-state index is 13.0. The third-order valence-electron chi connectivity index (χ3n) is 3.70. The van der Waals surface area contributed by atoms with E-state index in [1.165, 1.54) is 6.07 Å². The predicted octanol–water partition coefficient (Wildman–Crippen LogP) is 2.68. The Hall–Kier alpha value is -1.15. The zero-order valence-corrected chi connectivity index (χ0v) is 13.2. The van der Waals surface area contributed by atoms with Crippen molar-refractivity contribution in [2.45, 2.75) is 23.9 Å². The van der Waals surface area contributed by atoms with Crippen molar-refractivity contribution in [1.29, 1.82) is 0 Å². The molecule has 1 fully saturated rings. The number of ether oxygens (including phenoxy) is 2. The van der Waals surface area contributed by atoms with Crippen LogP contribution in [0, 0.1) is 5.82 Å². The van der Waals surface area contributed by atoms with Gasteiger partial charge in [0.25, 0.3) is 0 Å². The molecule has 120 valence electrons. The summed E-state index contributed by atoms with van der Waals surface area (Å²) in [6, 6.07) is 3.51. The quantitative estimate of drug-likeness (QED) is 0.854. The molecule has 0 saturated carbocycles. The number of halogens is 2. The van der Waals surface area contributed by atoms with Gasteiger partial charge in [0.2, 0.25) is 10.0 Å². The fraction of sp³-hybridized carbons (Fsp3) is 0.429.